The van der Waals surface area contributed by atoms with Crippen molar-refractivity contribution in [2.75, 3.05) is 62.7 Å². The van der Waals surface area contributed by atoms with Gasteiger partial charge in [-0.15, -0.1) is 0 Å². The van der Waals surface area contributed by atoms with Crippen LogP contribution in [-0.4, -0.2) is 87.2 Å². The van der Waals surface area contributed by atoms with Crippen LogP contribution in [0, 0.1) is 16.2 Å². The average Bonchev–Trinajstić information content (AvgIpc) is 3.22. The van der Waals surface area contributed by atoms with Gasteiger partial charge in [0.1, 0.15) is 13.2 Å². The number of hydrogen-bond acceptors (Lipinski definition) is 10. The third-order valence-corrected chi connectivity index (χ3v) is 14.0. The standard InChI is InChI=1S/C49H92O8S2/c1-7-9-11-13-15-17-19-21-23-25-27-29-33-58-35-31-43(50)52-37-47(3,4)45-54-39-49(40-55-45)41-56-46(57-42-49)48(5,6)38-53-44(51)32-36-59-34-30-28-26-24-22-20-18-16-14-12-10-8-2/h45-46H,7-42H2,1-6H3. The first-order valence-electron chi connectivity index (χ1n) is 24.5. The molecular weight excluding hydrogens is 781 g/mol. The van der Waals surface area contributed by atoms with Crippen LogP contribution in [-0.2, 0) is 38.0 Å². The molecule has 348 valence electrons. The third kappa shape index (κ3) is 26.6. The molecule has 0 N–H and O–H groups in total. The molecule has 2 fully saturated rings. The maximum atomic E-state index is 12.5. The van der Waals surface area contributed by atoms with Crippen molar-refractivity contribution >= 4 is 35.5 Å². The molecule has 2 saturated heterocycles. The number of esters is 2. The Bertz CT molecular complexity index is 940. The van der Waals surface area contributed by atoms with E-state index in [1.807, 2.05) is 51.2 Å². The van der Waals surface area contributed by atoms with Gasteiger partial charge in [0.05, 0.1) is 44.7 Å². The lowest BCUT2D eigenvalue weighted by molar-refractivity contribution is -0.337. The summed E-state index contributed by atoms with van der Waals surface area (Å²) < 4.78 is 36.2. The Balaban J connectivity index is 1.46. The quantitative estimate of drug-likeness (QED) is 0.0441. The molecule has 2 heterocycles. The number of carbonyl (C=O) groups excluding carboxylic acids is 2. The van der Waals surface area contributed by atoms with Crippen LogP contribution in [0.15, 0.2) is 0 Å². The lowest BCUT2D eigenvalue weighted by atomic mass is 9.86. The fraction of sp³-hybridized carbons (Fsp3) is 0.959. The minimum Gasteiger partial charge on any atom is -0.465 e. The van der Waals surface area contributed by atoms with E-state index in [-0.39, 0.29) is 25.2 Å². The van der Waals surface area contributed by atoms with E-state index in [2.05, 4.69) is 13.8 Å². The monoisotopic (exact) mass is 873 g/mol. The van der Waals surface area contributed by atoms with Gasteiger partial charge in [0.15, 0.2) is 12.6 Å². The first kappa shape index (κ1) is 54.6. The first-order chi connectivity index (χ1) is 28.5. The summed E-state index contributed by atoms with van der Waals surface area (Å²) in [7, 11) is 0. The Labute approximate surface area is 371 Å². The van der Waals surface area contributed by atoms with Crippen LogP contribution in [0.1, 0.15) is 208 Å². The molecule has 0 amide bonds. The van der Waals surface area contributed by atoms with Crippen molar-refractivity contribution in [1.29, 1.82) is 0 Å². The van der Waals surface area contributed by atoms with Crippen molar-refractivity contribution in [2.45, 2.75) is 221 Å². The van der Waals surface area contributed by atoms with Crippen molar-refractivity contribution < 1.29 is 38.0 Å². The predicted octanol–water partition coefficient (Wildman–Crippen LogP) is 13.5. The fourth-order valence-electron chi connectivity index (χ4n) is 7.68. The summed E-state index contributed by atoms with van der Waals surface area (Å²) in [4.78, 5) is 25.0. The summed E-state index contributed by atoms with van der Waals surface area (Å²) in [5.41, 5.74) is -1.38. The highest BCUT2D eigenvalue weighted by molar-refractivity contribution is 7.99. The van der Waals surface area contributed by atoms with Crippen LogP contribution in [0.2, 0.25) is 0 Å². The molecule has 0 aromatic rings. The maximum absolute atomic E-state index is 12.5. The van der Waals surface area contributed by atoms with Crippen molar-refractivity contribution in [2.24, 2.45) is 16.2 Å². The molecule has 0 saturated carbocycles. The molecule has 2 aliphatic heterocycles. The highest BCUT2D eigenvalue weighted by Gasteiger charge is 2.48. The molecule has 0 radical (unpaired) electrons. The lowest BCUT2D eigenvalue weighted by Gasteiger charge is -2.48. The Kier molecular flexibility index (Phi) is 31.4. The number of carbonyl (C=O) groups is 2. The molecule has 0 aromatic heterocycles. The van der Waals surface area contributed by atoms with Gasteiger partial charge >= 0.3 is 11.9 Å². The van der Waals surface area contributed by atoms with Crippen LogP contribution in [0.25, 0.3) is 0 Å². The largest absolute Gasteiger partial charge is 0.465 e. The highest BCUT2D eigenvalue weighted by Crippen LogP contribution is 2.38. The highest BCUT2D eigenvalue weighted by atomic mass is 32.2. The topological polar surface area (TPSA) is 89.5 Å². The van der Waals surface area contributed by atoms with Crippen molar-refractivity contribution in [1.82, 2.24) is 0 Å². The van der Waals surface area contributed by atoms with Gasteiger partial charge < -0.3 is 28.4 Å². The molecule has 0 bridgehead atoms. The van der Waals surface area contributed by atoms with Gasteiger partial charge in [0.2, 0.25) is 0 Å². The Morgan fingerprint density at radius 1 is 0.458 bits per heavy atom. The van der Waals surface area contributed by atoms with E-state index in [9.17, 15) is 9.59 Å². The van der Waals surface area contributed by atoms with Gasteiger partial charge in [0, 0.05) is 22.3 Å². The average molecular weight is 873 g/mol. The molecule has 0 atom stereocenters. The lowest BCUT2D eigenvalue weighted by Crippen LogP contribution is -2.57. The van der Waals surface area contributed by atoms with E-state index in [4.69, 9.17) is 28.4 Å². The van der Waals surface area contributed by atoms with Crippen LogP contribution < -0.4 is 0 Å². The Hall–Kier alpha value is -0.520. The second-order valence-corrected chi connectivity index (χ2v) is 21.7. The van der Waals surface area contributed by atoms with Crippen LogP contribution in [0.3, 0.4) is 0 Å². The summed E-state index contributed by atoms with van der Waals surface area (Å²) in [6, 6.07) is 0. The molecule has 8 nitrogen and oxygen atoms in total. The van der Waals surface area contributed by atoms with E-state index in [1.54, 1.807) is 0 Å². The number of rotatable bonds is 38. The number of hydrogen-bond donors (Lipinski definition) is 0. The minimum absolute atomic E-state index is 0.162. The molecule has 1 spiro atoms. The minimum atomic E-state index is -0.491. The fourth-order valence-corrected chi connectivity index (χ4v) is 9.52. The van der Waals surface area contributed by atoms with Crippen LogP contribution in [0.5, 0.6) is 0 Å². The summed E-state index contributed by atoms with van der Waals surface area (Å²) >= 11 is 3.71. The number of ether oxygens (including phenoxy) is 6. The molecule has 0 unspecified atom stereocenters. The van der Waals surface area contributed by atoms with Gasteiger partial charge in [-0.25, -0.2) is 0 Å². The first-order valence-corrected chi connectivity index (χ1v) is 26.8. The molecule has 0 aromatic carbocycles. The van der Waals surface area contributed by atoms with Crippen molar-refractivity contribution in [3.8, 4) is 0 Å². The normalized spacial score (nSPS) is 20.0. The predicted molar refractivity (Wildman–Crippen MR) is 249 cm³/mol. The van der Waals surface area contributed by atoms with E-state index in [0.717, 1.165) is 23.0 Å². The summed E-state index contributed by atoms with van der Waals surface area (Å²) in [6.45, 7) is 14.8. The van der Waals surface area contributed by atoms with E-state index < -0.39 is 28.8 Å². The molecule has 59 heavy (non-hydrogen) atoms. The molecule has 2 aliphatic rings. The number of thioether (sulfide) groups is 2. The zero-order valence-corrected chi connectivity index (χ0v) is 40.8. The van der Waals surface area contributed by atoms with Crippen molar-refractivity contribution in [3.63, 3.8) is 0 Å². The van der Waals surface area contributed by atoms with Crippen LogP contribution in [0.4, 0.5) is 0 Å². The summed E-state index contributed by atoms with van der Waals surface area (Å²) in [6.07, 6.45) is 32.5. The zero-order valence-electron chi connectivity index (χ0n) is 39.2. The zero-order chi connectivity index (χ0) is 42.9. The third-order valence-electron chi connectivity index (χ3n) is 11.8. The second-order valence-electron chi connectivity index (χ2n) is 19.2. The van der Waals surface area contributed by atoms with Crippen LogP contribution >= 0.6 is 23.5 Å². The maximum Gasteiger partial charge on any atom is 0.306 e. The molecular formula is C49H92O8S2. The Morgan fingerprint density at radius 3 is 1.02 bits per heavy atom. The van der Waals surface area contributed by atoms with Gasteiger partial charge in [-0.05, 0) is 24.3 Å². The van der Waals surface area contributed by atoms with Crippen molar-refractivity contribution in [3.05, 3.63) is 0 Å². The number of unbranched alkanes of at least 4 members (excludes halogenated alkanes) is 22. The Morgan fingerprint density at radius 2 is 0.729 bits per heavy atom. The van der Waals surface area contributed by atoms with E-state index in [0.29, 0.717) is 39.3 Å². The van der Waals surface area contributed by atoms with Gasteiger partial charge in [-0.3, -0.25) is 9.59 Å². The summed E-state index contributed by atoms with van der Waals surface area (Å²) in [5.74, 6) is 3.50. The van der Waals surface area contributed by atoms with Gasteiger partial charge in [-0.1, -0.05) is 183 Å². The summed E-state index contributed by atoms with van der Waals surface area (Å²) in [5, 5.41) is 0. The van der Waals surface area contributed by atoms with E-state index in [1.165, 1.54) is 154 Å². The van der Waals surface area contributed by atoms with E-state index >= 15 is 0 Å². The molecule has 0 aliphatic carbocycles. The smallest absolute Gasteiger partial charge is 0.306 e. The van der Waals surface area contributed by atoms with Gasteiger partial charge in [-0.2, -0.15) is 23.5 Å². The molecule has 2 rings (SSSR count). The molecule has 10 heteroatoms. The second kappa shape index (κ2) is 34.0. The SMILES string of the molecule is CCCCCCCCCCCCCCSCCC(=O)OCC(C)(C)C1OCC2(CO1)COC(C(C)(C)COC(=O)CCSCCCCCCCCCCCCCC)OC2. The van der Waals surface area contributed by atoms with Gasteiger partial charge in [0.25, 0.3) is 0 Å².